The molecular formula is C15H9ClKNO2S. The number of fused-ring (bicyclic) bond motifs is 1. The number of rotatable bonds is 2. The topological polar surface area (TPSA) is 53.0 Å². The first-order valence-electron chi connectivity index (χ1n) is 5.93. The second kappa shape index (κ2) is 6.87. The van der Waals surface area contributed by atoms with Crippen molar-refractivity contribution in [1.29, 1.82) is 0 Å². The Morgan fingerprint density at radius 3 is 2.62 bits per heavy atom. The molecule has 6 heteroatoms. The molecule has 0 aliphatic heterocycles. The van der Waals surface area contributed by atoms with E-state index < -0.39 is 5.97 Å². The molecule has 100 valence electrons. The van der Waals surface area contributed by atoms with Gasteiger partial charge >= 0.3 is 51.4 Å². The molecule has 0 atom stereocenters. The number of aryl methyl sites for hydroxylation is 1. The largest absolute Gasteiger partial charge is 1.00 e. The van der Waals surface area contributed by atoms with Crippen LogP contribution >= 0.6 is 22.9 Å². The molecule has 0 amide bonds. The molecular weight excluding hydrogens is 333 g/mol. The van der Waals surface area contributed by atoms with Gasteiger partial charge < -0.3 is 9.90 Å². The van der Waals surface area contributed by atoms with Crippen LogP contribution in [0.4, 0.5) is 0 Å². The molecule has 0 aliphatic carbocycles. The summed E-state index contributed by atoms with van der Waals surface area (Å²) in [6.45, 7) is 1.91. The van der Waals surface area contributed by atoms with Crippen molar-refractivity contribution in [2.24, 2.45) is 0 Å². The van der Waals surface area contributed by atoms with Gasteiger partial charge in [-0.05, 0) is 37.3 Å². The van der Waals surface area contributed by atoms with Gasteiger partial charge in [0.25, 0.3) is 0 Å². The van der Waals surface area contributed by atoms with E-state index in [1.54, 1.807) is 18.2 Å². The summed E-state index contributed by atoms with van der Waals surface area (Å²) in [5.74, 6) is -1.20. The number of benzene rings is 1. The molecule has 0 N–H and O–H groups in total. The Balaban J connectivity index is 0.00000161. The number of carbonyl (C=O) groups excluding carboxylic acids is 1. The van der Waals surface area contributed by atoms with Gasteiger partial charge in [-0.15, -0.1) is 11.3 Å². The first kappa shape index (κ1) is 17.1. The zero-order valence-electron chi connectivity index (χ0n) is 11.5. The fourth-order valence-corrected chi connectivity index (χ4v) is 3.09. The second-order valence-electron chi connectivity index (χ2n) is 4.47. The van der Waals surface area contributed by atoms with Crippen molar-refractivity contribution >= 4 is 39.8 Å². The van der Waals surface area contributed by atoms with Crippen LogP contribution in [0.5, 0.6) is 0 Å². The van der Waals surface area contributed by atoms with Crippen LogP contribution in [-0.2, 0) is 0 Å². The number of aromatic carboxylic acids is 1. The van der Waals surface area contributed by atoms with Crippen molar-refractivity contribution in [2.45, 2.75) is 6.92 Å². The quantitative estimate of drug-likeness (QED) is 0.630. The van der Waals surface area contributed by atoms with E-state index >= 15 is 0 Å². The molecule has 0 fully saturated rings. The Morgan fingerprint density at radius 2 is 2.00 bits per heavy atom. The monoisotopic (exact) mass is 341 g/mol. The third-order valence-corrected chi connectivity index (χ3v) is 4.26. The summed E-state index contributed by atoms with van der Waals surface area (Å²) in [4.78, 5) is 16.7. The van der Waals surface area contributed by atoms with E-state index in [2.05, 4.69) is 4.98 Å². The summed E-state index contributed by atoms with van der Waals surface area (Å²) in [6.07, 6.45) is 0. The van der Waals surface area contributed by atoms with E-state index in [1.807, 2.05) is 25.1 Å². The number of carboxylic acids is 1. The fourth-order valence-electron chi connectivity index (χ4n) is 2.09. The van der Waals surface area contributed by atoms with E-state index in [0.717, 1.165) is 10.4 Å². The number of hydrogen-bond acceptors (Lipinski definition) is 4. The SMILES string of the molecule is Cc1ccc2nc(-c3ccc(Cl)s3)cc(C(=O)[O-])c2c1.[K+]. The average molecular weight is 342 g/mol. The van der Waals surface area contributed by atoms with E-state index in [0.29, 0.717) is 20.9 Å². The van der Waals surface area contributed by atoms with E-state index in [1.165, 1.54) is 11.3 Å². The first-order valence-corrected chi connectivity index (χ1v) is 7.12. The van der Waals surface area contributed by atoms with Gasteiger partial charge in [0.1, 0.15) is 0 Å². The average Bonchev–Trinajstić information content (AvgIpc) is 2.84. The van der Waals surface area contributed by atoms with Crippen LogP contribution in [0.1, 0.15) is 15.9 Å². The van der Waals surface area contributed by atoms with Gasteiger partial charge in [-0.3, -0.25) is 0 Å². The molecule has 0 bridgehead atoms. The molecule has 3 rings (SSSR count). The molecule has 3 nitrogen and oxygen atoms in total. The minimum Gasteiger partial charge on any atom is -0.545 e. The van der Waals surface area contributed by atoms with Crippen molar-refractivity contribution in [1.82, 2.24) is 4.98 Å². The van der Waals surface area contributed by atoms with Gasteiger partial charge in [-0.25, -0.2) is 4.98 Å². The Kier molecular flexibility index (Phi) is 5.59. The van der Waals surface area contributed by atoms with Crippen LogP contribution in [0.15, 0.2) is 36.4 Å². The fraction of sp³-hybridized carbons (Fsp3) is 0.0667. The number of halogens is 1. The van der Waals surface area contributed by atoms with Crippen molar-refractivity contribution < 1.29 is 61.3 Å². The van der Waals surface area contributed by atoms with Crippen molar-refractivity contribution in [3.8, 4) is 10.6 Å². The maximum absolute atomic E-state index is 11.4. The molecule has 3 aromatic rings. The number of aromatic nitrogens is 1. The third kappa shape index (κ3) is 3.56. The molecule has 2 heterocycles. The molecule has 0 radical (unpaired) electrons. The number of nitrogens with zero attached hydrogens (tertiary/aromatic N) is 1. The van der Waals surface area contributed by atoms with Gasteiger partial charge in [0.2, 0.25) is 0 Å². The zero-order chi connectivity index (χ0) is 14.3. The summed E-state index contributed by atoms with van der Waals surface area (Å²) in [6, 6.07) is 10.7. The van der Waals surface area contributed by atoms with Crippen molar-refractivity contribution in [2.75, 3.05) is 0 Å². The number of hydrogen-bond donors (Lipinski definition) is 0. The molecule has 0 saturated carbocycles. The zero-order valence-corrected chi connectivity index (χ0v) is 16.2. The number of pyridine rings is 1. The Morgan fingerprint density at radius 1 is 1.24 bits per heavy atom. The van der Waals surface area contributed by atoms with Crippen molar-refractivity contribution in [3.63, 3.8) is 0 Å². The molecule has 21 heavy (non-hydrogen) atoms. The molecule has 0 aliphatic rings. The molecule has 1 aromatic carbocycles. The maximum atomic E-state index is 11.4. The van der Waals surface area contributed by atoms with E-state index in [-0.39, 0.29) is 56.9 Å². The predicted molar refractivity (Wildman–Crippen MR) is 79.1 cm³/mol. The van der Waals surface area contributed by atoms with Crippen LogP contribution in [-0.4, -0.2) is 11.0 Å². The summed E-state index contributed by atoms with van der Waals surface area (Å²) >= 11 is 7.28. The van der Waals surface area contributed by atoms with Crippen LogP contribution in [0, 0.1) is 6.92 Å². The normalized spacial score (nSPS) is 10.4. The summed E-state index contributed by atoms with van der Waals surface area (Å²) < 4.78 is 0.640. The molecule has 0 unspecified atom stereocenters. The van der Waals surface area contributed by atoms with Crippen LogP contribution in [0.2, 0.25) is 4.34 Å². The van der Waals surface area contributed by atoms with E-state index in [4.69, 9.17) is 11.6 Å². The minimum absolute atomic E-state index is 0. The molecule has 0 spiro atoms. The Bertz CT molecular complexity index is 832. The van der Waals surface area contributed by atoms with E-state index in [9.17, 15) is 9.90 Å². The summed E-state index contributed by atoms with van der Waals surface area (Å²) in [7, 11) is 0. The second-order valence-corrected chi connectivity index (χ2v) is 6.18. The van der Waals surface area contributed by atoms with Gasteiger partial charge in [-0.1, -0.05) is 23.2 Å². The van der Waals surface area contributed by atoms with Crippen LogP contribution in [0.25, 0.3) is 21.5 Å². The van der Waals surface area contributed by atoms with Gasteiger partial charge in [-0.2, -0.15) is 0 Å². The van der Waals surface area contributed by atoms with Crippen LogP contribution < -0.4 is 56.5 Å². The standard InChI is InChI=1S/C15H10ClNO2S.K/c1-8-2-3-11-9(6-8)10(15(18)19)7-12(17-11)13-4-5-14(16)20-13;/h2-7H,1H3,(H,18,19);/q;+1/p-1. The first-order chi connectivity index (χ1) is 9.54. The molecule has 2 aromatic heterocycles. The van der Waals surface area contributed by atoms with Gasteiger partial charge in [0.05, 0.1) is 26.4 Å². The smallest absolute Gasteiger partial charge is 0.545 e. The number of thiophene rings is 1. The molecule has 0 saturated heterocycles. The van der Waals surface area contributed by atoms with Crippen molar-refractivity contribution in [3.05, 3.63) is 51.9 Å². The van der Waals surface area contributed by atoms with Gasteiger partial charge in [0.15, 0.2) is 0 Å². The van der Waals surface area contributed by atoms with Gasteiger partial charge in [0, 0.05) is 10.9 Å². The summed E-state index contributed by atoms with van der Waals surface area (Å²) in [5.41, 5.74) is 2.36. The Hall–Kier alpha value is -0.274. The summed E-state index contributed by atoms with van der Waals surface area (Å²) in [5, 5.41) is 11.9. The predicted octanol–water partition coefficient (Wildman–Crippen LogP) is 0.293. The van der Waals surface area contributed by atoms with Crippen LogP contribution in [0.3, 0.4) is 0 Å². The maximum Gasteiger partial charge on any atom is 1.00 e. The number of carboxylic acid groups (broad SMARTS) is 1. The Labute approximate surface area is 173 Å². The minimum atomic E-state index is -1.20. The third-order valence-electron chi connectivity index (χ3n) is 3.01. The number of carbonyl (C=O) groups is 1.